The Hall–Kier alpha value is -0.140. The van der Waals surface area contributed by atoms with Crippen molar-refractivity contribution in [1.82, 2.24) is 5.32 Å². The lowest BCUT2D eigenvalue weighted by Crippen LogP contribution is -2.15. The average Bonchev–Trinajstić information content (AvgIpc) is 3.23. The van der Waals surface area contributed by atoms with Crippen LogP contribution in [-0.4, -0.2) is 37.6 Å². The first-order valence-electron chi connectivity index (χ1n) is 6.73. The highest BCUT2D eigenvalue weighted by Crippen LogP contribution is 2.35. The Kier molecular flexibility index (Phi) is 6.77. The normalized spacial score (nSPS) is 14.6. The van der Waals surface area contributed by atoms with Gasteiger partial charge in [-0.15, -0.1) is 0 Å². The molecule has 1 aromatic rings. The predicted octanol–water partition coefficient (Wildman–Crippen LogP) is 2.85. The topological polar surface area (TPSA) is 50.7 Å². The molecule has 0 spiro atoms. The van der Waals surface area contributed by atoms with Crippen molar-refractivity contribution in [3.8, 4) is 5.75 Å². The summed E-state index contributed by atoms with van der Waals surface area (Å²) < 4.78 is 12.7. The van der Waals surface area contributed by atoms with E-state index in [1.54, 1.807) is 0 Å². The molecule has 112 valence electrons. The summed E-state index contributed by atoms with van der Waals surface area (Å²) in [6.07, 6.45) is 2.58. The second-order valence-electron chi connectivity index (χ2n) is 4.73. The molecule has 0 radical (unpaired) electrons. The Morgan fingerprint density at radius 3 is 2.45 bits per heavy atom. The van der Waals surface area contributed by atoms with Crippen molar-refractivity contribution in [1.29, 1.82) is 0 Å². The minimum atomic E-state index is 0.0378. The van der Waals surface area contributed by atoms with Gasteiger partial charge < -0.3 is 19.9 Å². The molecule has 0 atom stereocenters. The van der Waals surface area contributed by atoms with E-state index < -0.39 is 0 Å². The Morgan fingerprint density at radius 1 is 1.15 bits per heavy atom. The van der Waals surface area contributed by atoms with Crippen LogP contribution in [0, 0.1) is 0 Å². The molecule has 20 heavy (non-hydrogen) atoms. The van der Waals surface area contributed by atoms with Gasteiger partial charge in [-0.25, -0.2) is 0 Å². The van der Waals surface area contributed by atoms with E-state index in [1.165, 1.54) is 18.4 Å². The maximum Gasteiger partial charge on any atom is 0.147 e. The van der Waals surface area contributed by atoms with E-state index in [0.717, 1.165) is 21.2 Å². The van der Waals surface area contributed by atoms with E-state index >= 15 is 0 Å². The molecule has 1 fully saturated rings. The van der Waals surface area contributed by atoms with Gasteiger partial charge >= 0.3 is 0 Å². The van der Waals surface area contributed by atoms with Gasteiger partial charge in [0.05, 0.1) is 28.8 Å². The Morgan fingerprint density at radius 2 is 1.85 bits per heavy atom. The number of rotatable bonds is 9. The zero-order valence-corrected chi connectivity index (χ0v) is 14.4. The predicted molar refractivity (Wildman–Crippen MR) is 85.1 cm³/mol. The molecule has 1 aliphatic rings. The fourth-order valence-corrected chi connectivity index (χ4v) is 3.28. The highest BCUT2D eigenvalue weighted by molar-refractivity contribution is 9.11. The van der Waals surface area contributed by atoms with Gasteiger partial charge in [0.15, 0.2) is 0 Å². The quantitative estimate of drug-likeness (QED) is 0.617. The Bertz CT molecular complexity index is 415. The minimum Gasteiger partial charge on any atom is -0.489 e. The van der Waals surface area contributed by atoms with Gasteiger partial charge in [-0.1, -0.05) is 0 Å². The number of nitrogens with one attached hydrogen (secondary N) is 1. The molecule has 2 N–H and O–H groups in total. The summed E-state index contributed by atoms with van der Waals surface area (Å²) in [4.78, 5) is 0. The van der Waals surface area contributed by atoms with Crippen LogP contribution in [0.3, 0.4) is 0 Å². The molecule has 0 amide bonds. The summed E-state index contributed by atoms with van der Waals surface area (Å²) in [5.41, 5.74) is 1.22. The highest BCUT2D eigenvalue weighted by Gasteiger charge is 2.20. The highest BCUT2D eigenvalue weighted by atomic mass is 79.9. The van der Waals surface area contributed by atoms with Crippen molar-refractivity contribution in [2.45, 2.75) is 25.4 Å². The number of aliphatic hydroxyl groups excluding tert-OH is 1. The summed E-state index contributed by atoms with van der Waals surface area (Å²) in [5, 5.41) is 12.1. The molecule has 1 saturated carbocycles. The first-order chi connectivity index (χ1) is 9.70. The van der Waals surface area contributed by atoms with Crippen LogP contribution in [0.1, 0.15) is 18.4 Å². The number of aliphatic hydroxyl groups is 1. The maximum absolute atomic E-state index is 8.61. The summed E-state index contributed by atoms with van der Waals surface area (Å²) in [7, 11) is 0. The van der Waals surface area contributed by atoms with Gasteiger partial charge in [0.1, 0.15) is 12.4 Å². The summed E-state index contributed by atoms with van der Waals surface area (Å²) in [6.45, 7) is 2.18. The third-order valence-corrected chi connectivity index (χ3v) is 4.12. The van der Waals surface area contributed by atoms with Crippen molar-refractivity contribution in [3.05, 3.63) is 26.6 Å². The number of ether oxygens (including phenoxy) is 2. The van der Waals surface area contributed by atoms with E-state index in [-0.39, 0.29) is 6.61 Å². The standard InChI is InChI=1S/C14H19Br2NO3/c15-12-7-10(9-17-11-1-2-11)8-13(16)14(12)20-6-5-19-4-3-18/h7-8,11,17-18H,1-6,9H2. The molecule has 0 saturated heterocycles. The Labute approximate surface area is 136 Å². The molecule has 0 bridgehead atoms. The van der Waals surface area contributed by atoms with Crippen molar-refractivity contribution in [3.63, 3.8) is 0 Å². The van der Waals surface area contributed by atoms with Crippen LogP contribution in [0.15, 0.2) is 21.1 Å². The second kappa shape index (κ2) is 8.34. The van der Waals surface area contributed by atoms with Gasteiger partial charge in [-0.2, -0.15) is 0 Å². The van der Waals surface area contributed by atoms with E-state index in [2.05, 4.69) is 49.3 Å². The van der Waals surface area contributed by atoms with Gasteiger partial charge in [0.25, 0.3) is 0 Å². The van der Waals surface area contributed by atoms with E-state index in [0.29, 0.717) is 25.9 Å². The van der Waals surface area contributed by atoms with Crippen LogP contribution in [0.2, 0.25) is 0 Å². The van der Waals surface area contributed by atoms with Crippen LogP contribution in [-0.2, 0) is 11.3 Å². The smallest absolute Gasteiger partial charge is 0.147 e. The summed E-state index contributed by atoms with van der Waals surface area (Å²) >= 11 is 7.08. The first-order valence-corrected chi connectivity index (χ1v) is 8.32. The van der Waals surface area contributed by atoms with E-state index in [9.17, 15) is 0 Å². The fourth-order valence-electron chi connectivity index (χ4n) is 1.77. The van der Waals surface area contributed by atoms with Crippen LogP contribution in [0.4, 0.5) is 0 Å². The summed E-state index contributed by atoms with van der Waals surface area (Å²) in [5.74, 6) is 0.785. The molecule has 1 aromatic carbocycles. The van der Waals surface area contributed by atoms with E-state index in [1.807, 2.05) is 0 Å². The lowest BCUT2D eigenvalue weighted by molar-refractivity contribution is 0.0702. The van der Waals surface area contributed by atoms with Gasteiger partial charge in [-0.3, -0.25) is 0 Å². The molecular formula is C14H19Br2NO3. The summed E-state index contributed by atoms with van der Waals surface area (Å²) in [6, 6.07) is 4.85. The van der Waals surface area contributed by atoms with Crippen molar-refractivity contribution >= 4 is 31.9 Å². The average molecular weight is 409 g/mol. The Balaban J connectivity index is 1.84. The lowest BCUT2D eigenvalue weighted by atomic mass is 10.2. The van der Waals surface area contributed by atoms with Crippen molar-refractivity contribution in [2.24, 2.45) is 0 Å². The SMILES string of the molecule is OCCOCCOc1c(Br)cc(CNC2CC2)cc1Br. The largest absolute Gasteiger partial charge is 0.489 e. The molecule has 0 aliphatic heterocycles. The molecule has 0 heterocycles. The molecular weight excluding hydrogens is 390 g/mol. The zero-order chi connectivity index (χ0) is 14.4. The zero-order valence-electron chi connectivity index (χ0n) is 11.2. The van der Waals surface area contributed by atoms with Gasteiger partial charge in [0, 0.05) is 12.6 Å². The van der Waals surface area contributed by atoms with Crippen LogP contribution >= 0.6 is 31.9 Å². The lowest BCUT2D eigenvalue weighted by Gasteiger charge is -2.13. The third kappa shape index (κ3) is 5.33. The molecule has 1 aliphatic carbocycles. The number of benzene rings is 1. The third-order valence-electron chi connectivity index (χ3n) is 2.94. The van der Waals surface area contributed by atoms with Crippen molar-refractivity contribution in [2.75, 3.05) is 26.4 Å². The minimum absolute atomic E-state index is 0.0378. The number of hydrogen-bond acceptors (Lipinski definition) is 4. The van der Waals surface area contributed by atoms with Crippen LogP contribution < -0.4 is 10.1 Å². The van der Waals surface area contributed by atoms with Crippen LogP contribution in [0.25, 0.3) is 0 Å². The monoisotopic (exact) mass is 407 g/mol. The molecule has 6 heteroatoms. The van der Waals surface area contributed by atoms with E-state index in [4.69, 9.17) is 14.6 Å². The van der Waals surface area contributed by atoms with Crippen LogP contribution in [0.5, 0.6) is 5.75 Å². The number of halogens is 2. The molecule has 0 unspecified atom stereocenters. The number of hydrogen-bond donors (Lipinski definition) is 2. The van der Waals surface area contributed by atoms with Crippen molar-refractivity contribution < 1.29 is 14.6 Å². The first kappa shape index (κ1) is 16.2. The second-order valence-corrected chi connectivity index (χ2v) is 6.44. The molecule has 4 nitrogen and oxygen atoms in total. The van der Waals surface area contributed by atoms with Gasteiger partial charge in [0.2, 0.25) is 0 Å². The maximum atomic E-state index is 8.61. The molecule has 0 aromatic heterocycles. The van der Waals surface area contributed by atoms with Gasteiger partial charge in [-0.05, 0) is 62.4 Å². The fraction of sp³-hybridized carbons (Fsp3) is 0.571. The molecule has 2 rings (SSSR count).